The molecule has 1 atom stereocenters. The number of nitrogens with zero attached hydrogens (tertiary/aromatic N) is 2. The Balaban J connectivity index is 1.24. The summed E-state index contributed by atoms with van der Waals surface area (Å²) in [5.41, 5.74) is -0.0397. The van der Waals surface area contributed by atoms with Gasteiger partial charge in [0.1, 0.15) is 17.4 Å². The van der Waals surface area contributed by atoms with E-state index in [1.165, 1.54) is 17.1 Å². The molecule has 30 heavy (non-hydrogen) atoms. The van der Waals surface area contributed by atoms with Crippen molar-refractivity contribution in [3.8, 4) is 5.75 Å². The topological polar surface area (TPSA) is 41.9 Å². The maximum atomic E-state index is 13.6. The Kier molecular flexibility index (Phi) is 4.67. The van der Waals surface area contributed by atoms with E-state index in [0.717, 1.165) is 29.8 Å². The molecule has 156 valence electrons. The highest BCUT2D eigenvalue weighted by Gasteiger charge is 2.72. The molecule has 0 N–H and O–H groups in total. The van der Waals surface area contributed by atoms with Crippen LogP contribution in [-0.2, 0) is 4.79 Å². The van der Waals surface area contributed by atoms with Gasteiger partial charge in [0.15, 0.2) is 0 Å². The third-order valence-electron chi connectivity index (χ3n) is 6.33. The molecule has 0 saturated heterocycles. The molecule has 4 aliphatic rings. The van der Waals surface area contributed by atoms with Gasteiger partial charge >= 0.3 is 0 Å². The fraction of sp³-hybridized carbons (Fsp3) is 0.364. The molecule has 0 aromatic heterocycles. The molecule has 8 heteroatoms. The fourth-order valence-electron chi connectivity index (χ4n) is 5.10. The van der Waals surface area contributed by atoms with E-state index < -0.39 is 23.1 Å². The van der Waals surface area contributed by atoms with E-state index in [1.807, 2.05) is 12.1 Å². The van der Waals surface area contributed by atoms with Gasteiger partial charge in [0, 0.05) is 28.6 Å². The Morgan fingerprint density at radius 1 is 1.20 bits per heavy atom. The summed E-state index contributed by atoms with van der Waals surface area (Å²) in [4.78, 5) is 13.2. The van der Waals surface area contributed by atoms with Crippen molar-refractivity contribution in [2.45, 2.75) is 31.7 Å². The summed E-state index contributed by atoms with van der Waals surface area (Å²) in [6.07, 6.45) is 4.25. The number of halogens is 4. The predicted octanol–water partition coefficient (Wildman–Crippen LogP) is 5.89. The Morgan fingerprint density at radius 2 is 1.90 bits per heavy atom. The van der Waals surface area contributed by atoms with Gasteiger partial charge in [0.25, 0.3) is 0 Å². The second kappa shape index (κ2) is 7.02. The van der Waals surface area contributed by atoms with Crippen LogP contribution in [0.3, 0.4) is 0 Å². The van der Waals surface area contributed by atoms with Crippen molar-refractivity contribution in [3.05, 3.63) is 63.1 Å². The molecule has 1 amide bonds. The number of benzene rings is 2. The first kappa shape index (κ1) is 19.9. The maximum Gasteiger partial charge on any atom is 0.249 e. The average Bonchev–Trinajstić information content (AvgIpc) is 3.09. The van der Waals surface area contributed by atoms with E-state index in [4.69, 9.17) is 16.3 Å². The lowest BCUT2D eigenvalue weighted by Crippen LogP contribution is -2.69. The van der Waals surface area contributed by atoms with Crippen LogP contribution in [0.2, 0.25) is 5.02 Å². The minimum absolute atomic E-state index is 0.0179. The molecule has 3 fully saturated rings. The lowest BCUT2D eigenvalue weighted by Gasteiger charge is -2.69. The maximum absolute atomic E-state index is 13.6. The highest BCUT2D eigenvalue weighted by atomic mass is 79.9. The standard InChI is InChI=1S/C22H18BrClF2N2O2/c23-14-1-2-19(17(24)7-14)30-12-21-9-22(10-21,11-21)20(29)28-18(3-4-27-28)13-5-15(25)8-16(26)6-13/h1-2,4-8,18H,3,9-12H2. The Bertz CT molecular complexity index is 1040. The molecule has 1 unspecified atom stereocenters. The van der Waals surface area contributed by atoms with E-state index in [1.54, 1.807) is 12.3 Å². The molecular formula is C22H18BrClF2N2O2. The number of hydrazone groups is 1. The minimum atomic E-state index is -0.655. The van der Waals surface area contributed by atoms with Crippen LogP contribution in [-0.4, -0.2) is 23.7 Å². The molecule has 2 aromatic rings. The SMILES string of the molecule is O=C(N1N=CCC1c1cc(F)cc(F)c1)C12CC(COc3ccc(Br)cc3Cl)(C1)C2. The summed E-state index contributed by atoms with van der Waals surface area (Å²) in [5, 5.41) is 6.17. The molecular weight excluding hydrogens is 478 g/mol. The molecule has 2 bridgehead atoms. The first-order valence-corrected chi connectivity index (χ1v) is 10.9. The van der Waals surface area contributed by atoms with Crippen molar-refractivity contribution in [2.75, 3.05) is 6.61 Å². The number of carbonyl (C=O) groups excluding carboxylic acids is 1. The molecule has 2 aromatic carbocycles. The summed E-state index contributed by atoms with van der Waals surface area (Å²) in [5.74, 6) is -0.758. The number of hydrogen-bond donors (Lipinski definition) is 0. The van der Waals surface area contributed by atoms with Gasteiger partial charge < -0.3 is 4.74 Å². The zero-order chi connectivity index (χ0) is 21.1. The van der Waals surface area contributed by atoms with Crippen molar-refractivity contribution in [3.63, 3.8) is 0 Å². The van der Waals surface area contributed by atoms with E-state index in [2.05, 4.69) is 21.0 Å². The molecule has 3 aliphatic carbocycles. The van der Waals surface area contributed by atoms with Gasteiger partial charge in [-0.1, -0.05) is 27.5 Å². The Labute approximate surface area is 186 Å². The van der Waals surface area contributed by atoms with Crippen LogP contribution in [0, 0.1) is 22.5 Å². The van der Waals surface area contributed by atoms with E-state index >= 15 is 0 Å². The Hall–Kier alpha value is -1.99. The smallest absolute Gasteiger partial charge is 0.249 e. The largest absolute Gasteiger partial charge is 0.491 e. The molecule has 3 saturated carbocycles. The quantitative estimate of drug-likeness (QED) is 0.519. The molecule has 4 nitrogen and oxygen atoms in total. The fourth-order valence-corrected chi connectivity index (χ4v) is 5.83. The zero-order valence-corrected chi connectivity index (χ0v) is 18.2. The van der Waals surface area contributed by atoms with Gasteiger partial charge in [0.2, 0.25) is 5.91 Å². The first-order chi connectivity index (χ1) is 14.3. The van der Waals surface area contributed by atoms with Crippen LogP contribution in [0.15, 0.2) is 46.0 Å². The number of ether oxygens (including phenoxy) is 1. The summed E-state index contributed by atoms with van der Waals surface area (Å²) in [7, 11) is 0. The monoisotopic (exact) mass is 494 g/mol. The third kappa shape index (κ3) is 3.23. The lowest BCUT2D eigenvalue weighted by molar-refractivity contribution is -0.226. The van der Waals surface area contributed by atoms with E-state index in [0.29, 0.717) is 29.4 Å². The molecule has 0 radical (unpaired) electrons. The van der Waals surface area contributed by atoms with Gasteiger partial charge in [-0.3, -0.25) is 4.79 Å². The second-order valence-electron chi connectivity index (χ2n) is 8.58. The molecule has 1 heterocycles. The lowest BCUT2D eigenvalue weighted by atomic mass is 9.35. The van der Waals surface area contributed by atoms with Crippen LogP contribution < -0.4 is 4.74 Å². The van der Waals surface area contributed by atoms with Crippen molar-refractivity contribution in [1.82, 2.24) is 5.01 Å². The number of rotatable bonds is 5. The number of carbonyl (C=O) groups is 1. The van der Waals surface area contributed by atoms with Crippen molar-refractivity contribution < 1.29 is 18.3 Å². The van der Waals surface area contributed by atoms with Crippen LogP contribution in [0.4, 0.5) is 8.78 Å². The van der Waals surface area contributed by atoms with Gasteiger partial charge in [-0.2, -0.15) is 5.10 Å². The third-order valence-corrected chi connectivity index (χ3v) is 7.12. The van der Waals surface area contributed by atoms with Gasteiger partial charge in [-0.05, 0) is 55.2 Å². The molecule has 0 spiro atoms. The van der Waals surface area contributed by atoms with Gasteiger partial charge in [-0.25, -0.2) is 13.8 Å². The Morgan fingerprint density at radius 3 is 2.57 bits per heavy atom. The molecule has 6 rings (SSSR count). The van der Waals surface area contributed by atoms with Crippen LogP contribution in [0.1, 0.15) is 37.3 Å². The highest BCUT2D eigenvalue weighted by molar-refractivity contribution is 9.10. The van der Waals surface area contributed by atoms with Crippen molar-refractivity contribution in [2.24, 2.45) is 15.9 Å². The van der Waals surface area contributed by atoms with Gasteiger partial charge in [0.05, 0.1) is 23.1 Å². The zero-order valence-electron chi connectivity index (χ0n) is 15.9. The number of hydrogen-bond acceptors (Lipinski definition) is 3. The predicted molar refractivity (Wildman–Crippen MR) is 112 cm³/mol. The summed E-state index contributed by atoms with van der Waals surface area (Å²) >= 11 is 9.58. The second-order valence-corrected chi connectivity index (χ2v) is 9.90. The number of amides is 1. The first-order valence-electron chi connectivity index (χ1n) is 9.69. The molecule has 1 aliphatic heterocycles. The average molecular weight is 496 g/mol. The van der Waals surface area contributed by atoms with Gasteiger partial charge in [-0.15, -0.1) is 0 Å². The van der Waals surface area contributed by atoms with E-state index in [9.17, 15) is 13.6 Å². The van der Waals surface area contributed by atoms with Crippen molar-refractivity contribution in [1.29, 1.82) is 0 Å². The van der Waals surface area contributed by atoms with Crippen molar-refractivity contribution >= 4 is 39.7 Å². The minimum Gasteiger partial charge on any atom is -0.491 e. The van der Waals surface area contributed by atoms with Crippen LogP contribution in [0.25, 0.3) is 0 Å². The highest BCUT2D eigenvalue weighted by Crippen LogP contribution is 2.74. The summed E-state index contributed by atoms with van der Waals surface area (Å²) in [6.45, 7) is 0.505. The van der Waals surface area contributed by atoms with Crippen LogP contribution in [0.5, 0.6) is 5.75 Å². The normalized spacial score (nSPS) is 28.8. The summed E-state index contributed by atoms with van der Waals surface area (Å²) in [6, 6.07) is 8.36. The van der Waals surface area contributed by atoms with E-state index in [-0.39, 0.29) is 11.3 Å². The summed E-state index contributed by atoms with van der Waals surface area (Å²) < 4.78 is 34.1. The van der Waals surface area contributed by atoms with Crippen LogP contribution >= 0.6 is 27.5 Å².